The number of unbranched alkanes of at least 4 members (excludes halogenated alkanes) is 2. The second-order valence-corrected chi connectivity index (χ2v) is 1.98. The van der Waals surface area contributed by atoms with Crippen LogP contribution in [0.5, 0.6) is 0 Å². The zero-order valence-corrected chi connectivity index (χ0v) is 6.98. The van der Waals surface area contributed by atoms with E-state index in [-0.39, 0.29) is 0 Å². The molecule has 0 radical (unpaired) electrons. The minimum atomic E-state index is 0.750. The van der Waals surface area contributed by atoms with Gasteiger partial charge in [-0.15, -0.1) is 0 Å². The summed E-state index contributed by atoms with van der Waals surface area (Å²) >= 11 is 0. The number of rotatable bonds is 4. The molecule has 0 atom stereocenters. The second kappa shape index (κ2) is 15.8. The Morgan fingerprint density at radius 2 is 2.00 bits per heavy atom. The van der Waals surface area contributed by atoms with Crippen molar-refractivity contribution in [3.63, 3.8) is 0 Å². The van der Waals surface area contributed by atoms with Crippen molar-refractivity contribution in [2.75, 3.05) is 13.6 Å². The Hall–Kier alpha value is -0.570. The van der Waals surface area contributed by atoms with E-state index in [0.717, 1.165) is 6.34 Å². The van der Waals surface area contributed by atoms with Crippen molar-refractivity contribution in [1.82, 2.24) is 5.32 Å². The Balaban J connectivity index is 0. The zero-order valence-electron chi connectivity index (χ0n) is 6.98. The molecule has 0 aromatic rings. The van der Waals surface area contributed by atoms with Crippen LogP contribution in [0.2, 0.25) is 0 Å². The number of hydrogen-bond donors (Lipinski definition) is 3. The summed E-state index contributed by atoms with van der Waals surface area (Å²) in [6.07, 6.45) is 4.76. The molecule has 3 heteroatoms. The number of nitrogens with two attached hydrogens (primary N) is 1. The molecule has 3 nitrogen and oxygen atoms in total. The van der Waals surface area contributed by atoms with Crippen molar-refractivity contribution in [3.8, 4) is 0 Å². The molecular formula is C7H19N3. The topological polar surface area (TPSA) is 61.9 Å². The molecule has 0 aliphatic rings. The van der Waals surface area contributed by atoms with Crippen molar-refractivity contribution in [2.24, 2.45) is 5.73 Å². The monoisotopic (exact) mass is 145 g/mol. The molecule has 0 unspecified atom stereocenters. The molecule has 0 aromatic heterocycles. The minimum absolute atomic E-state index is 0.750. The average molecular weight is 145 g/mol. The quantitative estimate of drug-likeness (QED) is 0.313. The molecule has 0 aromatic carbocycles. The lowest BCUT2D eigenvalue weighted by Crippen LogP contribution is -2.06. The van der Waals surface area contributed by atoms with Crippen LogP contribution in [0.1, 0.15) is 26.2 Å². The highest BCUT2D eigenvalue weighted by atomic mass is 14.8. The van der Waals surface area contributed by atoms with Crippen LogP contribution >= 0.6 is 0 Å². The molecule has 0 rings (SSSR count). The zero-order chi connectivity index (χ0) is 8.24. The minimum Gasteiger partial charge on any atom is -0.390 e. The predicted molar refractivity (Wildman–Crippen MR) is 46.4 cm³/mol. The van der Waals surface area contributed by atoms with Crippen molar-refractivity contribution >= 4 is 6.34 Å². The van der Waals surface area contributed by atoms with E-state index in [1.807, 2.05) is 7.05 Å². The van der Waals surface area contributed by atoms with E-state index in [0.29, 0.717) is 0 Å². The fraction of sp³-hybridized carbons (Fsp3) is 0.857. The Morgan fingerprint density at radius 3 is 2.30 bits per heavy atom. The van der Waals surface area contributed by atoms with E-state index in [2.05, 4.69) is 18.0 Å². The van der Waals surface area contributed by atoms with Gasteiger partial charge in [0.1, 0.15) is 0 Å². The first-order valence-corrected chi connectivity index (χ1v) is 3.68. The Labute approximate surface area is 63.5 Å². The highest BCUT2D eigenvalue weighted by molar-refractivity contribution is 5.46. The lowest BCUT2D eigenvalue weighted by atomic mass is 10.2. The van der Waals surface area contributed by atoms with Gasteiger partial charge in [-0.1, -0.05) is 19.8 Å². The summed E-state index contributed by atoms with van der Waals surface area (Å²) in [6, 6.07) is 0. The Bertz CT molecular complexity index is 50.8. The summed E-state index contributed by atoms with van der Waals surface area (Å²) in [5.74, 6) is 0. The Morgan fingerprint density at radius 1 is 1.50 bits per heavy atom. The third-order valence-corrected chi connectivity index (χ3v) is 1.03. The predicted octanol–water partition coefficient (Wildman–Crippen LogP) is 0.948. The maximum Gasteiger partial charge on any atom is 0.0765 e. The van der Waals surface area contributed by atoms with E-state index < -0.39 is 0 Å². The van der Waals surface area contributed by atoms with Gasteiger partial charge < -0.3 is 11.1 Å². The summed E-state index contributed by atoms with van der Waals surface area (Å²) in [5, 5.41) is 8.96. The molecule has 4 N–H and O–H groups in total. The van der Waals surface area contributed by atoms with E-state index >= 15 is 0 Å². The van der Waals surface area contributed by atoms with Gasteiger partial charge in [-0.25, -0.2) is 0 Å². The van der Waals surface area contributed by atoms with Crippen LogP contribution in [-0.2, 0) is 0 Å². The molecule has 0 heterocycles. The Kier molecular flexibility index (Phi) is 19.2. The van der Waals surface area contributed by atoms with Gasteiger partial charge in [0.05, 0.1) is 6.34 Å². The standard InChI is InChI=1S/C6H15N.CH4N2/c1-3-4-5-6-7-2;2-1-3/h7H,3-6H2,1-2H3;1H,(H3,2,3). The summed E-state index contributed by atoms with van der Waals surface area (Å²) in [5.41, 5.74) is 4.39. The maximum atomic E-state index is 5.86. The maximum absolute atomic E-state index is 5.86. The van der Waals surface area contributed by atoms with Crippen LogP contribution in [0.4, 0.5) is 0 Å². The number of nitrogens with one attached hydrogen (secondary N) is 2. The molecular weight excluding hydrogens is 126 g/mol. The molecule has 0 spiro atoms. The second-order valence-electron chi connectivity index (χ2n) is 1.98. The average Bonchev–Trinajstić information content (AvgIpc) is 1.91. The van der Waals surface area contributed by atoms with E-state index in [9.17, 15) is 0 Å². The fourth-order valence-electron chi connectivity index (χ4n) is 0.552. The van der Waals surface area contributed by atoms with Gasteiger partial charge in [0, 0.05) is 0 Å². The highest BCUT2D eigenvalue weighted by Crippen LogP contribution is 1.89. The summed E-state index contributed by atoms with van der Waals surface area (Å²) < 4.78 is 0. The van der Waals surface area contributed by atoms with Crippen molar-refractivity contribution in [1.29, 1.82) is 5.41 Å². The number of hydrogen-bond acceptors (Lipinski definition) is 2. The third kappa shape index (κ3) is 26.1. The summed E-state index contributed by atoms with van der Waals surface area (Å²) in [4.78, 5) is 0. The molecule has 0 amide bonds. The van der Waals surface area contributed by atoms with Crippen molar-refractivity contribution < 1.29 is 0 Å². The van der Waals surface area contributed by atoms with Crippen LogP contribution in [-0.4, -0.2) is 19.9 Å². The van der Waals surface area contributed by atoms with Gasteiger partial charge in [0.25, 0.3) is 0 Å². The van der Waals surface area contributed by atoms with Crippen LogP contribution < -0.4 is 11.1 Å². The molecule has 0 bridgehead atoms. The SMILES string of the molecule is CCCCCNC.N=CN. The van der Waals surface area contributed by atoms with Gasteiger partial charge >= 0.3 is 0 Å². The van der Waals surface area contributed by atoms with Crippen LogP contribution in [0.15, 0.2) is 0 Å². The van der Waals surface area contributed by atoms with Crippen LogP contribution in [0.3, 0.4) is 0 Å². The van der Waals surface area contributed by atoms with Crippen LogP contribution in [0.25, 0.3) is 0 Å². The molecule has 0 fully saturated rings. The van der Waals surface area contributed by atoms with E-state index in [1.54, 1.807) is 0 Å². The first-order valence-electron chi connectivity index (χ1n) is 3.68. The summed E-state index contributed by atoms with van der Waals surface area (Å²) in [6.45, 7) is 3.39. The van der Waals surface area contributed by atoms with E-state index in [4.69, 9.17) is 5.41 Å². The van der Waals surface area contributed by atoms with Gasteiger partial charge in [0.2, 0.25) is 0 Å². The molecule has 10 heavy (non-hydrogen) atoms. The molecule has 0 aliphatic carbocycles. The molecule has 0 aliphatic heterocycles. The lowest BCUT2D eigenvalue weighted by Gasteiger charge is -1.93. The highest BCUT2D eigenvalue weighted by Gasteiger charge is 1.78. The summed E-state index contributed by atoms with van der Waals surface area (Å²) in [7, 11) is 2.00. The van der Waals surface area contributed by atoms with Crippen molar-refractivity contribution in [2.45, 2.75) is 26.2 Å². The van der Waals surface area contributed by atoms with Gasteiger partial charge in [-0.2, -0.15) is 0 Å². The first kappa shape index (κ1) is 12.1. The van der Waals surface area contributed by atoms with Gasteiger partial charge in [-0.3, -0.25) is 5.41 Å². The van der Waals surface area contributed by atoms with Crippen molar-refractivity contribution in [3.05, 3.63) is 0 Å². The largest absolute Gasteiger partial charge is 0.390 e. The van der Waals surface area contributed by atoms with Crippen LogP contribution in [0, 0.1) is 5.41 Å². The lowest BCUT2D eigenvalue weighted by molar-refractivity contribution is 0.667. The smallest absolute Gasteiger partial charge is 0.0765 e. The third-order valence-electron chi connectivity index (χ3n) is 1.03. The molecule has 0 saturated heterocycles. The first-order chi connectivity index (χ1) is 4.83. The van der Waals surface area contributed by atoms with E-state index in [1.165, 1.54) is 25.8 Å². The fourth-order valence-corrected chi connectivity index (χ4v) is 0.552. The molecule has 0 saturated carbocycles. The van der Waals surface area contributed by atoms with Gasteiger partial charge in [-0.05, 0) is 20.0 Å². The molecule has 62 valence electrons. The normalized spacial score (nSPS) is 7.80. The van der Waals surface area contributed by atoms with Gasteiger partial charge in [0.15, 0.2) is 0 Å².